The molecule has 166 valence electrons. The van der Waals surface area contributed by atoms with E-state index < -0.39 is 29.7 Å². The number of hydrogen-bond acceptors (Lipinski definition) is 5. The number of Topliss-reactive ketones (excluding diaryl/α,β-unsaturated/α-hetero) is 1. The standard InChI is InChI=1S/C23H22FN3O5/c1-11-5-14-7-15(10-25-20(29)9-19-22(30)27-23(31)26-19)32-21(14)17(6-11)16-8-13(12(2)28)3-4-18(16)24/h3-6,8,15,19H,7,9-10H2,1-2H3,(H,25,29)(H2,26,27,30,31)/t15-,19+/m0/s1. The number of carbonyl (C=O) groups excluding carboxylic acids is 4. The molecule has 2 atom stereocenters. The van der Waals surface area contributed by atoms with E-state index >= 15 is 0 Å². The second-order valence-corrected chi connectivity index (χ2v) is 8.02. The van der Waals surface area contributed by atoms with E-state index in [9.17, 15) is 23.6 Å². The Morgan fingerprint density at radius 3 is 2.66 bits per heavy atom. The number of rotatable bonds is 6. The molecular weight excluding hydrogens is 417 g/mol. The van der Waals surface area contributed by atoms with Gasteiger partial charge >= 0.3 is 6.03 Å². The molecule has 3 N–H and O–H groups in total. The summed E-state index contributed by atoms with van der Waals surface area (Å²) in [5.41, 5.74) is 3.04. The van der Waals surface area contributed by atoms with E-state index in [2.05, 4.69) is 16.0 Å². The van der Waals surface area contributed by atoms with Crippen molar-refractivity contribution >= 4 is 23.6 Å². The third-order valence-corrected chi connectivity index (χ3v) is 5.48. The third-order valence-electron chi connectivity index (χ3n) is 5.48. The Morgan fingerprint density at radius 1 is 1.19 bits per heavy atom. The molecule has 8 nitrogen and oxygen atoms in total. The fraction of sp³-hybridized carbons (Fsp3) is 0.304. The number of carbonyl (C=O) groups is 4. The Hall–Kier alpha value is -3.75. The maximum atomic E-state index is 14.6. The van der Waals surface area contributed by atoms with Crippen LogP contribution in [-0.4, -0.2) is 42.3 Å². The van der Waals surface area contributed by atoms with E-state index in [0.717, 1.165) is 11.1 Å². The Kier molecular flexibility index (Phi) is 5.65. The summed E-state index contributed by atoms with van der Waals surface area (Å²) in [5.74, 6) is -1.03. The molecule has 0 unspecified atom stereocenters. The summed E-state index contributed by atoms with van der Waals surface area (Å²) in [7, 11) is 0. The van der Waals surface area contributed by atoms with Gasteiger partial charge in [-0.2, -0.15) is 0 Å². The van der Waals surface area contributed by atoms with Crippen molar-refractivity contribution in [3.05, 3.63) is 52.8 Å². The van der Waals surface area contributed by atoms with Crippen LogP contribution >= 0.6 is 0 Å². The molecule has 2 aliphatic rings. The molecule has 0 spiro atoms. The first kappa shape index (κ1) is 21.5. The third kappa shape index (κ3) is 4.32. The molecule has 9 heteroatoms. The van der Waals surface area contributed by atoms with E-state index in [1.165, 1.54) is 25.1 Å². The maximum Gasteiger partial charge on any atom is 0.322 e. The molecule has 4 amide bonds. The number of amides is 4. The topological polar surface area (TPSA) is 114 Å². The lowest BCUT2D eigenvalue weighted by atomic mass is 9.95. The van der Waals surface area contributed by atoms with Crippen molar-refractivity contribution in [1.82, 2.24) is 16.0 Å². The summed E-state index contributed by atoms with van der Waals surface area (Å²) in [4.78, 5) is 46.7. The van der Waals surface area contributed by atoms with Crippen molar-refractivity contribution in [2.75, 3.05) is 6.54 Å². The van der Waals surface area contributed by atoms with Crippen molar-refractivity contribution in [3.8, 4) is 16.9 Å². The normalized spacial score (nSPS) is 19.1. The van der Waals surface area contributed by atoms with Crippen molar-refractivity contribution in [3.63, 3.8) is 0 Å². The van der Waals surface area contributed by atoms with Gasteiger partial charge in [0.05, 0.1) is 13.0 Å². The van der Waals surface area contributed by atoms with Gasteiger partial charge in [-0.1, -0.05) is 6.07 Å². The van der Waals surface area contributed by atoms with Gasteiger partial charge in [0.25, 0.3) is 5.91 Å². The molecule has 0 saturated carbocycles. The van der Waals surface area contributed by atoms with Gasteiger partial charge in [0, 0.05) is 23.1 Å². The molecule has 0 aliphatic carbocycles. The molecular formula is C23H22FN3O5. The highest BCUT2D eigenvalue weighted by Crippen LogP contribution is 2.41. The van der Waals surface area contributed by atoms with Crippen molar-refractivity contribution < 1.29 is 28.3 Å². The van der Waals surface area contributed by atoms with Gasteiger partial charge in [-0.25, -0.2) is 9.18 Å². The number of hydrogen-bond donors (Lipinski definition) is 3. The second-order valence-electron chi connectivity index (χ2n) is 8.02. The van der Waals surface area contributed by atoms with Crippen LogP contribution in [0.3, 0.4) is 0 Å². The van der Waals surface area contributed by atoms with Crippen LogP contribution in [0.15, 0.2) is 30.3 Å². The molecule has 1 fully saturated rings. The largest absolute Gasteiger partial charge is 0.487 e. The van der Waals surface area contributed by atoms with Crippen LogP contribution < -0.4 is 20.7 Å². The van der Waals surface area contributed by atoms with Crippen LogP contribution in [0, 0.1) is 12.7 Å². The predicted molar refractivity (Wildman–Crippen MR) is 113 cm³/mol. The van der Waals surface area contributed by atoms with E-state index in [0.29, 0.717) is 23.3 Å². The van der Waals surface area contributed by atoms with Crippen LogP contribution in [0.1, 0.15) is 34.8 Å². The number of ketones is 1. The zero-order chi connectivity index (χ0) is 23.0. The maximum absolute atomic E-state index is 14.6. The Labute approximate surface area is 183 Å². The second kappa shape index (κ2) is 8.41. The van der Waals surface area contributed by atoms with Gasteiger partial charge in [0.15, 0.2) is 5.78 Å². The molecule has 2 aromatic carbocycles. The zero-order valence-electron chi connectivity index (χ0n) is 17.6. The number of nitrogens with one attached hydrogen (secondary N) is 3. The van der Waals surface area contributed by atoms with E-state index in [4.69, 9.17) is 4.74 Å². The van der Waals surface area contributed by atoms with Crippen molar-refractivity contribution in [2.45, 2.75) is 38.8 Å². The summed E-state index contributed by atoms with van der Waals surface area (Å²) >= 11 is 0. The average Bonchev–Trinajstić information content (AvgIpc) is 3.27. The smallest absolute Gasteiger partial charge is 0.322 e. The predicted octanol–water partition coefficient (Wildman–Crippen LogP) is 2.02. The van der Waals surface area contributed by atoms with E-state index in [-0.39, 0.29) is 30.4 Å². The lowest BCUT2D eigenvalue weighted by Crippen LogP contribution is -2.39. The fourth-order valence-electron chi connectivity index (χ4n) is 3.95. The van der Waals surface area contributed by atoms with Gasteiger partial charge in [0.1, 0.15) is 23.7 Å². The van der Waals surface area contributed by atoms with Crippen LogP contribution in [0.25, 0.3) is 11.1 Å². The molecule has 2 heterocycles. The highest BCUT2D eigenvalue weighted by Gasteiger charge is 2.32. The van der Waals surface area contributed by atoms with E-state index in [1.54, 1.807) is 0 Å². The number of imide groups is 1. The zero-order valence-corrected chi connectivity index (χ0v) is 17.6. The highest BCUT2D eigenvalue weighted by molar-refractivity contribution is 6.05. The summed E-state index contributed by atoms with van der Waals surface area (Å²) in [6.07, 6.45) is -0.0376. The molecule has 4 rings (SSSR count). The number of urea groups is 1. The monoisotopic (exact) mass is 439 g/mol. The quantitative estimate of drug-likeness (QED) is 0.471. The van der Waals surface area contributed by atoms with Crippen molar-refractivity contribution in [1.29, 1.82) is 0 Å². The van der Waals surface area contributed by atoms with Gasteiger partial charge in [-0.15, -0.1) is 0 Å². The minimum absolute atomic E-state index is 0.163. The molecule has 1 saturated heterocycles. The molecule has 0 radical (unpaired) electrons. The van der Waals surface area contributed by atoms with Crippen LogP contribution in [0.5, 0.6) is 5.75 Å². The average molecular weight is 439 g/mol. The Balaban J connectivity index is 1.48. The Bertz CT molecular complexity index is 1150. The fourth-order valence-corrected chi connectivity index (χ4v) is 3.95. The van der Waals surface area contributed by atoms with Crippen molar-refractivity contribution in [2.24, 2.45) is 0 Å². The van der Waals surface area contributed by atoms with Crippen LogP contribution in [-0.2, 0) is 16.0 Å². The highest BCUT2D eigenvalue weighted by atomic mass is 19.1. The number of aryl methyl sites for hydroxylation is 1. The number of benzene rings is 2. The van der Waals surface area contributed by atoms with Crippen LogP contribution in [0.2, 0.25) is 0 Å². The first-order valence-corrected chi connectivity index (χ1v) is 10.2. The SMILES string of the molecule is CC(=O)c1ccc(F)c(-c2cc(C)cc3c2O[C@H](CNC(=O)C[C@H]2NC(=O)NC2=O)C3)c1. The summed E-state index contributed by atoms with van der Waals surface area (Å²) in [6.45, 7) is 3.50. The minimum Gasteiger partial charge on any atom is -0.487 e. The van der Waals surface area contributed by atoms with E-state index in [1.807, 2.05) is 19.1 Å². The number of halogens is 1. The summed E-state index contributed by atoms with van der Waals surface area (Å²) in [6, 6.07) is 6.48. The molecule has 2 aromatic rings. The molecule has 0 bridgehead atoms. The lowest BCUT2D eigenvalue weighted by molar-refractivity contribution is -0.126. The molecule has 0 aromatic heterocycles. The first-order valence-electron chi connectivity index (χ1n) is 10.2. The number of fused-ring (bicyclic) bond motifs is 1. The molecule has 32 heavy (non-hydrogen) atoms. The first-order chi connectivity index (χ1) is 15.2. The van der Waals surface area contributed by atoms with Gasteiger partial charge in [0.2, 0.25) is 5.91 Å². The molecule has 2 aliphatic heterocycles. The number of ether oxygens (including phenoxy) is 1. The minimum atomic E-state index is -0.894. The Morgan fingerprint density at radius 2 is 1.97 bits per heavy atom. The van der Waals surface area contributed by atoms with Crippen LogP contribution in [0.4, 0.5) is 9.18 Å². The lowest BCUT2D eigenvalue weighted by Gasteiger charge is -2.15. The van der Waals surface area contributed by atoms with Gasteiger partial charge in [-0.3, -0.25) is 19.7 Å². The summed E-state index contributed by atoms with van der Waals surface area (Å²) < 4.78 is 20.7. The van der Waals surface area contributed by atoms with Gasteiger partial charge < -0.3 is 15.4 Å². The van der Waals surface area contributed by atoms with Gasteiger partial charge in [-0.05, 0) is 49.2 Å². The summed E-state index contributed by atoms with van der Waals surface area (Å²) in [5, 5.41) is 7.17.